The number of anilines is 1. The molecule has 0 spiro atoms. The summed E-state index contributed by atoms with van der Waals surface area (Å²) < 4.78 is 5.16. The minimum Gasteiger partial charge on any atom is -0.497 e. The number of carboxylic acid groups (broad SMARTS) is 1. The van der Waals surface area contributed by atoms with Crippen LogP contribution in [0, 0.1) is 5.92 Å². The largest absolute Gasteiger partial charge is 0.497 e. The lowest BCUT2D eigenvalue weighted by Gasteiger charge is -2.31. The van der Waals surface area contributed by atoms with E-state index in [1.165, 1.54) is 0 Å². The van der Waals surface area contributed by atoms with E-state index in [2.05, 4.69) is 14.9 Å². The van der Waals surface area contributed by atoms with Gasteiger partial charge >= 0.3 is 5.97 Å². The van der Waals surface area contributed by atoms with Gasteiger partial charge in [0, 0.05) is 24.7 Å². The smallest absolute Gasteiger partial charge is 0.306 e. The summed E-state index contributed by atoms with van der Waals surface area (Å²) in [5.74, 6) is 0.703. The SMILES string of the molecule is COc1ccc(-c2cc(N3CCC(C(=O)O)CC3)ncn2)cc1. The molecule has 0 bridgehead atoms. The maximum atomic E-state index is 11.0. The van der Waals surface area contributed by atoms with E-state index < -0.39 is 5.97 Å². The molecule has 1 N–H and O–H groups in total. The van der Waals surface area contributed by atoms with Crippen molar-refractivity contribution in [2.24, 2.45) is 5.92 Å². The van der Waals surface area contributed by atoms with Gasteiger partial charge in [-0.15, -0.1) is 0 Å². The number of methoxy groups -OCH3 is 1. The zero-order valence-corrected chi connectivity index (χ0v) is 13.0. The van der Waals surface area contributed by atoms with Crippen molar-refractivity contribution in [3.05, 3.63) is 36.7 Å². The molecule has 1 aromatic heterocycles. The van der Waals surface area contributed by atoms with Crippen molar-refractivity contribution in [3.8, 4) is 17.0 Å². The lowest BCUT2D eigenvalue weighted by molar-refractivity contribution is -0.142. The number of rotatable bonds is 4. The van der Waals surface area contributed by atoms with E-state index in [1.54, 1.807) is 13.4 Å². The quantitative estimate of drug-likeness (QED) is 0.934. The van der Waals surface area contributed by atoms with E-state index in [-0.39, 0.29) is 5.92 Å². The number of carboxylic acids is 1. The van der Waals surface area contributed by atoms with Gasteiger partial charge in [-0.1, -0.05) is 0 Å². The molecule has 0 amide bonds. The lowest BCUT2D eigenvalue weighted by atomic mass is 9.97. The number of hydrogen-bond acceptors (Lipinski definition) is 5. The van der Waals surface area contributed by atoms with Gasteiger partial charge in [0.25, 0.3) is 0 Å². The minimum atomic E-state index is -0.703. The number of ether oxygens (including phenoxy) is 1. The van der Waals surface area contributed by atoms with E-state index in [0.29, 0.717) is 25.9 Å². The molecule has 6 nitrogen and oxygen atoms in total. The van der Waals surface area contributed by atoms with Crippen LogP contribution in [0.1, 0.15) is 12.8 Å². The Labute approximate surface area is 134 Å². The van der Waals surface area contributed by atoms with Crippen LogP contribution in [-0.4, -0.2) is 41.2 Å². The minimum absolute atomic E-state index is 0.242. The van der Waals surface area contributed by atoms with E-state index in [0.717, 1.165) is 22.8 Å². The van der Waals surface area contributed by atoms with Gasteiger partial charge in [-0.05, 0) is 37.1 Å². The van der Waals surface area contributed by atoms with Crippen molar-refractivity contribution < 1.29 is 14.6 Å². The standard InChI is InChI=1S/C17H19N3O3/c1-23-14-4-2-12(3-5-14)15-10-16(19-11-18-15)20-8-6-13(7-9-20)17(21)22/h2-5,10-11,13H,6-9H2,1H3,(H,21,22). The molecule has 1 fully saturated rings. The number of aliphatic carboxylic acids is 1. The van der Waals surface area contributed by atoms with Crippen LogP contribution < -0.4 is 9.64 Å². The zero-order valence-electron chi connectivity index (χ0n) is 13.0. The highest BCUT2D eigenvalue weighted by molar-refractivity contribution is 5.70. The molecule has 1 saturated heterocycles. The Hall–Kier alpha value is -2.63. The first-order valence-corrected chi connectivity index (χ1v) is 7.61. The van der Waals surface area contributed by atoms with Gasteiger partial charge < -0.3 is 14.7 Å². The lowest BCUT2D eigenvalue weighted by Crippen LogP contribution is -2.36. The number of nitrogens with zero attached hydrogens (tertiary/aromatic N) is 3. The first-order chi connectivity index (χ1) is 11.2. The average Bonchev–Trinajstić information content (AvgIpc) is 2.62. The molecule has 6 heteroatoms. The average molecular weight is 313 g/mol. The van der Waals surface area contributed by atoms with Gasteiger partial charge in [-0.2, -0.15) is 0 Å². The van der Waals surface area contributed by atoms with Crippen LogP contribution in [-0.2, 0) is 4.79 Å². The van der Waals surface area contributed by atoms with Crippen molar-refractivity contribution in [1.82, 2.24) is 9.97 Å². The van der Waals surface area contributed by atoms with Crippen LogP contribution >= 0.6 is 0 Å². The monoisotopic (exact) mass is 313 g/mol. The summed E-state index contributed by atoms with van der Waals surface area (Å²) in [6.07, 6.45) is 2.85. The van der Waals surface area contributed by atoms with Gasteiger partial charge in [0.15, 0.2) is 0 Å². The molecule has 1 aliphatic heterocycles. The van der Waals surface area contributed by atoms with Gasteiger partial charge in [-0.3, -0.25) is 4.79 Å². The van der Waals surface area contributed by atoms with Gasteiger partial charge in [-0.25, -0.2) is 9.97 Å². The fourth-order valence-electron chi connectivity index (χ4n) is 2.80. The maximum Gasteiger partial charge on any atom is 0.306 e. The Kier molecular flexibility index (Phi) is 4.41. The fraction of sp³-hybridized carbons (Fsp3) is 0.353. The van der Waals surface area contributed by atoms with Crippen LogP contribution in [0.15, 0.2) is 36.7 Å². The van der Waals surface area contributed by atoms with Crippen molar-refractivity contribution in [3.63, 3.8) is 0 Å². The molecule has 2 heterocycles. The van der Waals surface area contributed by atoms with E-state index in [4.69, 9.17) is 9.84 Å². The summed E-state index contributed by atoms with van der Waals surface area (Å²) in [6.45, 7) is 1.41. The molecule has 3 rings (SSSR count). The topological polar surface area (TPSA) is 75.5 Å². The molecule has 0 saturated carbocycles. The summed E-state index contributed by atoms with van der Waals surface area (Å²) in [5, 5.41) is 9.08. The number of aromatic nitrogens is 2. The summed E-state index contributed by atoms with van der Waals surface area (Å²) in [4.78, 5) is 21.8. The number of hydrogen-bond donors (Lipinski definition) is 1. The molecule has 120 valence electrons. The highest BCUT2D eigenvalue weighted by atomic mass is 16.5. The molecular weight excluding hydrogens is 294 g/mol. The Balaban J connectivity index is 1.76. The fourth-order valence-corrected chi connectivity index (χ4v) is 2.80. The molecule has 0 aliphatic carbocycles. The number of piperidine rings is 1. The Morgan fingerprint density at radius 3 is 2.52 bits per heavy atom. The Morgan fingerprint density at radius 1 is 1.22 bits per heavy atom. The third-order valence-electron chi connectivity index (χ3n) is 4.21. The predicted octanol–water partition coefficient (Wildman–Crippen LogP) is 2.45. The molecule has 2 aromatic rings. The zero-order chi connectivity index (χ0) is 16.2. The Bertz CT molecular complexity index is 680. The summed E-state index contributed by atoms with van der Waals surface area (Å²) >= 11 is 0. The third kappa shape index (κ3) is 3.41. The van der Waals surface area contributed by atoms with Gasteiger partial charge in [0.2, 0.25) is 0 Å². The molecule has 23 heavy (non-hydrogen) atoms. The number of benzene rings is 1. The molecule has 0 radical (unpaired) electrons. The molecule has 0 unspecified atom stereocenters. The first kappa shape index (κ1) is 15.3. The number of carbonyl (C=O) groups is 1. The van der Waals surface area contributed by atoms with Crippen LogP contribution in [0.3, 0.4) is 0 Å². The summed E-state index contributed by atoms with van der Waals surface area (Å²) in [5.41, 5.74) is 1.84. The molecule has 1 aliphatic rings. The van der Waals surface area contributed by atoms with E-state index in [9.17, 15) is 4.79 Å². The normalized spacial score (nSPS) is 15.4. The first-order valence-electron chi connectivity index (χ1n) is 7.61. The molecule has 0 atom stereocenters. The summed E-state index contributed by atoms with van der Waals surface area (Å²) in [7, 11) is 1.64. The van der Waals surface area contributed by atoms with Crippen molar-refractivity contribution in [1.29, 1.82) is 0 Å². The second kappa shape index (κ2) is 6.64. The van der Waals surface area contributed by atoms with E-state index in [1.807, 2.05) is 30.3 Å². The van der Waals surface area contributed by atoms with Gasteiger partial charge in [0.05, 0.1) is 18.7 Å². The van der Waals surface area contributed by atoms with Gasteiger partial charge in [0.1, 0.15) is 17.9 Å². The van der Waals surface area contributed by atoms with Crippen LogP contribution in [0.25, 0.3) is 11.3 Å². The van der Waals surface area contributed by atoms with Crippen molar-refractivity contribution in [2.75, 3.05) is 25.1 Å². The molecular formula is C17H19N3O3. The van der Waals surface area contributed by atoms with E-state index >= 15 is 0 Å². The maximum absolute atomic E-state index is 11.0. The van der Waals surface area contributed by atoms with Crippen LogP contribution in [0.4, 0.5) is 5.82 Å². The molecule has 1 aromatic carbocycles. The predicted molar refractivity (Wildman–Crippen MR) is 86.6 cm³/mol. The van der Waals surface area contributed by atoms with Crippen LogP contribution in [0.5, 0.6) is 5.75 Å². The second-order valence-corrected chi connectivity index (χ2v) is 5.59. The van der Waals surface area contributed by atoms with Crippen molar-refractivity contribution in [2.45, 2.75) is 12.8 Å². The Morgan fingerprint density at radius 2 is 1.91 bits per heavy atom. The summed E-state index contributed by atoms with van der Waals surface area (Å²) in [6, 6.07) is 9.66. The second-order valence-electron chi connectivity index (χ2n) is 5.59. The highest BCUT2D eigenvalue weighted by Gasteiger charge is 2.25. The van der Waals surface area contributed by atoms with Crippen LogP contribution in [0.2, 0.25) is 0 Å². The third-order valence-corrected chi connectivity index (χ3v) is 4.21. The highest BCUT2D eigenvalue weighted by Crippen LogP contribution is 2.26. The van der Waals surface area contributed by atoms with Crippen molar-refractivity contribution >= 4 is 11.8 Å².